The second-order valence-corrected chi connectivity index (χ2v) is 8.20. The van der Waals surface area contributed by atoms with Crippen molar-refractivity contribution in [1.82, 2.24) is 15.1 Å². The van der Waals surface area contributed by atoms with Gasteiger partial charge in [-0.3, -0.25) is 4.99 Å². The molecule has 28 heavy (non-hydrogen) atoms. The summed E-state index contributed by atoms with van der Waals surface area (Å²) in [5, 5.41) is 3.51. The standard InChI is InChI=1S/C23H38N4O/c1-3-24-23(25-15-21-11-8-13-26(4-2)16-21)27-14-12-22(17-27)19-28-18-20-9-6-5-7-10-20/h5-7,9-10,21-22H,3-4,8,11-19H2,1-2H3,(H,24,25). The minimum atomic E-state index is 0.595. The van der Waals surface area contributed by atoms with Gasteiger partial charge in [0.25, 0.3) is 0 Å². The van der Waals surface area contributed by atoms with E-state index in [4.69, 9.17) is 9.73 Å². The van der Waals surface area contributed by atoms with E-state index in [9.17, 15) is 0 Å². The van der Waals surface area contributed by atoms with Crippen molar-refractivity contribution in [2.24, 2.45) is 16.8 Å². The van der Waals surface area contributed by atoms with Crippen molar-refractivity contribution in [3.05, 3.63) is 35.9 Å². The zero-order chi connectivity index (χ0) is 19.6. The van der Waals surface area contributed by atoms with Gasteiger partial charge in [0, 0.05) is 38.6 Å². The molecule has 2 aliphatic rings. The Hall–Kier alpha value is -1.59. The molecule has 2 heterocycles. The molecule has 1 aromatic rings. The quantitative estimate of drug-likeness (QED) is 0.550. The van der Waals surface area contributed by atoms with Crippen LogP contribution in [0.5, 0.6) is 0 Å². The molecule has 156 valence electrons. The molecule has 0 saturated carbocycles. The molecule has 3 rings (SSSR count). The largest absolute Gasteiger partial charge is 0.376 e. The minimum absolute atomic E-state index is 0.595. The molecule has 5 nitrogen and oxygen atoms in total. The van der Waals surface area contributed by atoms with E-state index in [0.717, 1.165) is 45.3 Å². The number of rotatable bonds is 8. The molecule has 2 fully saturated rings. The Bertz CT molecular complexity index is 592. The lowest BCUT2D eigenvalue weighted by Gasteiger charge is -2.31. The molecule has 0 spiro atoms. The average molecular weight is 387 g/mol. The van der Waals surface area contributed by atoms with Crippen LogP contribution in [0.15, 0.2) is 35.3 Å². The number of piperidine rings is 1. The number of nitrogens with one attached hydrogen (secondary N) is 1. The molecule has 0 radical (unpaired) electrons. The fourth-order valence-electron chi connectivity index (χ4n) is 4.31. The highest BCUT2D eigenvalue weighted by Gasteiger charge is 2.25. The highest BCUT2D eigenvalue weighted by Crippen LogP contribution is 2.19. The van der Waals surface area contributed by atoms with Crippen molar-refractivity contribution in [2.75, 3.05) is 52.4 Å². The van der Waals surface area contributed by atoms with E-state index in [1.807, 2.05) is 6.07 Å². The van der Waals surface area contributed by atoms with Gasteiger partial charge in [-0.05, 0) is 50.8 Å². The number of guanidine groups is 1. The van der Waals surface area contributed by atoms with Crippen molar-refractivity contribution in [3.8, 4) is 0 Å². The molecular formula is C23H38N4O. The third-order valence-corrected chi connectivity index (χ3v) is 5.93. The van der Waals surface area contributed by atoms with E-state index >= 15 is 0 Å². The molecule has 1 aromatic carbocycles. The second-order valence-electron chi connectivity index (χ2n) is 8.20. The number of ether oxygens (including phenoxy) is 1. The van der Waals surface area contributed by atoms with Gasteiger partial charge in [0.05, 0.1) is 13.2 Å². The van der Waals surface area contributed by atoms with Gasteiger partial charge in [0.15, 0.2) is 5.96 Å². The molecule has 0 aromatic heterocycles. The molecule has 0 bridgehead atoms. The molecule has 1 N–H and O–H groups in total. The number of hydrogen-bond acceptors (Lipinski definition) is 3. The Morgan fingerprint density at radius 3 is 2.75 bits per heavy atom. The van der Waals surface area contributed by atoms with E-state index in [-0.39, 0.29) is 0 Å². The van der Waals surface area contributed by atoms with Crippen LogP contribution in [0.2, 0.25) is 0 Å². The predicted octanol–water partition coefficient (Wildman–Crippen LogP) is 3.22. The van der Waals surface area contributed by atoms with Gasteiger partial charge < -0.3 is 19.9 Å². The van der Waals surface area contributed by atoms with Gasteiger partial charge in [-0.15, -0.1) is 0 Å². The SMILES string of the molecule is CCNC(=NCC1CCCN(CC)C1)N1CCC(COCc2ccccc2)C1. The van der Waals surface area contributed by atoms with E-state index in [1.165, 1.54) is 37.9 Å². The maximum atomic E-state index is 5.98. The third-order valence-electron chi connectivity index (χ3n) is 5.93. The van der Waals surface area contributed by atoms with Crippen LogP contribution >= 0.6 is 0 Å². The van der Waals surface area contributed by atoms with Crippen LogP contribution < -0.4 is 5.32 Å². The van der Waals surface area contributed by atoms with Gasteiger partial charge in [0.2, 0.25) is 0 Å². The Morgan fingerprint density at radius 1 is 1.11 bits per heavy atom. The highest BCUT2D eigenvalue weighted by atomic mass is 16.5. The van der Waals surface area contributed by atoms with Gasteiger partial charge in [-0.2, -0.15) is 0 Å². The molecule has 0 amide bonds. The predicted molar refractivity (Wildman–Crippen MR) is 117 cm³/mol. The number of nitrogens with zero attached hydrogens (tertiary/aromatic N) is 3. The monoisotopic (exact) mass is 386 g/mol. The van der Waals surface area contributed by atoms with E-state index in [2.05, 4.69) is 53.2 Å². The third kappa shape index (κ3) is 6.49. The number of benzene rings is 1. The molecular weight excluding hydrogens is 348 g/mol. The van der Waals surface area contributed by atoms with Crippen LogP contribution in [0.3, 0.4) is 0 Å². The van der Waals surface area contributed by atoms with Gasteiger partial charge in [-0.1, -0.05) is 37.3 Å². The van der Waals surface area contributed by atoms with Gasteiger partial charge >= 0.3 is 0 Å². The number of likely N-dealkylation sites (tertiary alicyclic amines) is 2. The summed E-state index contributed by atoms with van der Waals surface area (Å²) >= 11 is 0. The van der Waals surface area contributed by atoms with Crippen molar-refractivity contribution >= 4 is 5.96 Å². The van der Waals surface area contributed by atoms with Gasteiger partial charge in [0.1, 0.15) is 0 Å². The van der Waals surface area contributed by atoms with Crippen LogP contribution in [-0.2, 0) is 11.3 Å². The first-order valence-corrected chi connectivity index (χ1v) is 11.2. The average Bonchev–Trinajstić information content (AvgIpc) is 3.21. The Kier molecular flexibility index (Phi) is 8.62. The fraction of sp³-hybridized carbons (Fsp3) is 0.696. The zero-order valence-corrected chi connectivity index (χ0v) is 17.8. The zero-order valence-electron chi connectivity index (χ0n) is 17.8. The fourth-order valence-corrected chi connectivity index (χ4v) is 4.31. The van der Waals surface area contributed by atoms with E-state index < -0.39 is 0 Å². The molecule has 2 saturated heterocycles. The topological polar surface area (TPSA) is 40.1 Å². The lowest BCUT2D eigenvalue weighted by molar-refractivity contribution is 0.0906. The lowest BCUT2D eigenvalue weighted by Crippen LogP contribution is -2.41. The van der Waals surface area contributed by atoms with Crippen molar-refractivity contribution in [2.45, 2.75) is 39.7 Å². The maximum Gasteiger partial charge on any atom is 0.193 e. The minimum Gasteiger partial charge on any atom is -0.376 e. The smallest absolute Gasteiger partial charge is 0.193 e. The first kappa shape index (κ1) is 21.1. The summed E-state index contributed by atoms with van der Waals surface area (Å²) in [5.41, 5.74) is 1.25. The molecule has 2 atom stereocenters. The second kappa shape index (κ2) is 11.4. The summed E-state index contributed by atoms with van der Waals surface area (Å²) in [6.45, 7) is 13.6. The van der Waals surface area contributed by atoms with E-state index in [0.29, 0.717) is 18.4 Å². The van der Waals surface area contributed by atoms with Crippen molar-refractivity contribution in [3.63, 3.8) is 0 Å². The summed E-state index contributed by atoms with van der Waals surface area (Å²) in [4.78, 5) is 10.0. The van der Waals surface area contributed by atoms with Crippen molar-refractivity contribution in [1.29, 1.82) is 0 Å². The highest BCUT2D eigenvalue weighted by molar-refractivity contribution is 5.80. The summed E-state index contributed by atoms with van der Waals surface area (Å²) in [7, 11) is 0. The molecule has 2 unspecified atom stereocenters. The summed E-state index contributed by atoms with van der Waals surface area (Å²) in [6, 6.07) is 10.4. The first-order chi connectivity index (χ1) is 13.8. The normalized spacial score (nSPS) is 23.9. The lowest BCUT2D eigenvalue weighted by atomic mass is 9.98. The van der Waals surface area contributed by atoms with Crippen LogP contribution in [0, 0.1) is 11.8 Å². The Morgan fingerprint density at radius 2 is 1.96 bits per heavy atom. The van der Waals surface area contributed by atoms with Gasteiger partial charge in [-0.25, -0.2) is 0 Å². The summed E-state index contributed by atoms with van der Waals surface area (Å²) in [6.07, 6.45) is 3.82. The van der Waals surface area contributed by atoms with E-state index in [1.54, 1.807) is 0 Å². The van der Waals surface area contributed by atoms with Crippen LogP contribution in [0.25, 0.3) is 0 Å². The summed E-state index contributed by atoms with van der Waals surface area (Å²) < 4.78 is 5.98. The number of aliphatic imine (C=N–C) groups is 1. The molecule has 2 aliphatic heterocycles. The maximum absolute atomic E-state index is 5.98. The molecule has 5 heteroatoms. The Balaban J connectivity index is 1.44. The van der Waals surface area contributed by atoms with Crippen LogP contribution in [0.1, 0.15) is 38.7 Å². The van der Waals surface area contributed by atoms with Crippen molar-refractivity contribution < 1.29 is 4.74 Å². The summed E-state index contributed by atoms with van der Waals surface area (Å²) in [5.74, 6) is 2.40. The molecule has 0 aliphatic carbocycles. The number of hydrogen-bond donors (Lipinski definition) is 1. The van der Waals surface area contributed by atoms with Crippen LogP contribution in [-0.4, -0.2) is 68.2 Å². The Labute approximate surface area is 171 Å². The first-order valence-electron chi connectivity index (χ1n) is 11.2. The van der Waals surface area contributed by atoms with Crippen LogP contribution in [0.4, 0.5) is 0 Å².